The summed E-state index contributed by atoms with van der Waals surface area (Å²) in [4.78, 5) is 4.18. The third kappa shape index (κ3) is 2.94. The monoisotopic (exact) mass is 354 g/mol. The molecule has 17 heavy (non-hydrogen) atoms. The van der Waals surface area contributed by atoms with Crippen LogP contribution in [0.1, 0.15) is 22.7 Å². The van der Waals surface area contributed by atoms with Crippen LogP contribution in [0, 0.1) is 6.92 Å². The molecule has 0 aliphatic rings. The molecule has 0 fully saturated rings. The number of aromatic nitrogens is 1. The summed E-state index contributed by atoms with van der Waals surface area (Å²) in [6.45, 7) is 2.01. The molecule has 2 nitrogen and oxygen atoms in total. The molecule has 2 N–H and O–H groups in total. The predicted molar refractivity (Wildman–Crippen MR) is 76.8 cm³/mol. The van der Waals surface area contributed by atoms with Gasteiger partial charge < -0.3 is 5.73 Å². The van der Waals surface area contributed by atoms with E-state index in [1.165, 1.54) is 0 Å². The molecular formula is C13H12Br2N2. The van der Waals surface area contributed by atoms with Gasteiger partial charge in [-0.1, -0.05) is 37.9 Å². The Morgan fingerprint density at radius 3 is 2.65 bits per heavy atom. The lowest BCUT2D eigenvalue weighted by Crippen LogP contribution is -2.13. The van der Waals surface area contributed by atoms with Crippen LogP contribution >= 0.6 is 31.9 Å². The first kappa shape index (κ1) is 12.7. The van der Waals surface area contributed by atoms with Crippen molar-refractivity contribution in [3.8, 4) is 0 Å². The van der Waals surface area contributed by atoms with Crippen LogP contribution in [0.15, 0.2) is 45.6 Å². The van der Waals surface area contributed by atoms with Gasteiger partial charge >= 0.3 is 0 Å². The van der Waals surface area contributed by atoms with Gasteiger partial charge in [-0.15, -0.1) is 0 Å². The second-order valence-corrected chi connectivity index (χ2v) is 5.71. The number of nitrogens with two attached hydrogens (primary N) is 1. The van der Waals surface area contributed by atoms with Crippen LogP contribution in [0.4, 0.5) is 0 Å². The van der Waals surface area contributed by atoms with E-state index in [0.29, 0.717) is 0 Å². The van der Waals surface area contributed by atoms with E-state index in [-0.39, 0.29) is 6.04 Å². The van der Waals surface area contributed by atoms with Crippen LogP contribution in [0.5, 0.6) is 0 Å². The summed E-state index contributed by atoms with van der Waals surface area (Å²) in [5, 5.41) is 0. The number of pyridine rings is 1. The predicted octanol–water partition coefficient (Wildman–Crippen LogP) is 3.96. The molecule has 0 radical (unpaired) electrons. The molecule has 2 rings (SSSR count). The van der Waals surface area contributed by atoms with Crippen LogP contribution in [0.2, 0.25) is 0 Å². The second-order valence-electron chi connectivity index (χ2n) is 3.94. The third-order valence-corrected chi connectivity index (χ3v) is 3.76. The summed E-state index contributed by atoms with van der Waals surface area (Å²) in [7, 11) is 0. The van der Waals surface area contributed by atoms with E-state index in [2.05, 4.69) is 42.9 Å². The summed E-state index contributed by atoms with van der Waals surface area (Å²) in [5.74, 6) is 0. The van der Waals surface area contributed by atoms with Gasteiger partial charge in [0.05, 0.1) is 6.04 Å². The highest BCUT2D eigenvalue weighted by atomic mass is 79.9. The SMILES string of the molecule is Cc1cncc(C(N)c2cc(Br)ccc2Br)c1. The van der Waals surface area contributed by atoms with Gasteiger partial charge in [0.2, 0.25) is 0 Å². The molecule has 88 valence electrons. The molecule has 0 aliphatic carbocycles. The van der Waals surface area contributed by atoms with Crippen LogP contribution in [-0.2, 0) is 0 Å². The molecule has 1 heterocycles. The normalized spacial score (nSPS) is 12.5. The van der Waals surface area contributed by atoms with Gasteiger partial charge in [0, 0.05) is 21.3 Å². The van der Waals surface area contributed by atoms with E-state index in [1.54, 1.807) is 0 Å². The minimum absolute atomic E-state index is 0.172. The first-order chi connectivity index (χ1) is 8.08. The number of benzene rings is 1. The molecule has 0 bridgehead atoms. The van der Waals surface area contributed by atoms with Crippen molar-refractivity contribution in [3.05, 3.63) is 62.3 Å². The van der Waals surface area contributed by atoms with Gasteiger partial charge in [-0.05, 0) is 41.8 Å². The third-order valence-electron chi connectivity index (χ3n) is 2.55. The maximum Gasteiger partial charge on any atom is 0.0578 e. The lowest BCUT2D eigenvalue weighted by atomic mass is 10.0. The van der Waals surface area contributed by atoms with Crippen molar-refractivity contribution in [2.24, 2.45) is 5.73 Å². The van der Waals surface area contributed by atoms with Crippen LogP contribution in [0.25, 0.3) is 0 Å². The Kier molecular flexibility index (Phi) is 3.97. The van der Waals surface area contributed by atoms with E-state index in [0.717, 1.165) is 25.6 Å². The van der Waals surface area contributed by atoms with Crippen molar-refractivity contribution < 1.29 is 0 Å². The van der Waals surface area contributed by atoms with Gasteiger partial charge in [-0.2, -0.15) is 0 Å². The summed E-state index contributed by atoms with van der Waals surface area (Å²) in [6, 6.07) is 7.88. The Morgan fingerprint density at radius 1 is 1.18 bits per heavy atom. The molecule has 1 aromatic heterocycles. The molecule has 0 saturated carbocycles. The first-order valence-electron chi connectivity index (χ1n) is 5.20. The second kappa shape index (κ2) is 5.29. The standard InChI is InChI=1S/C13H12Br2N2/c1-8-4-9(7-17-6-8)13(16)11-5-10(14)2-3-12(11)15/h2-7,13H,16H2,1H3. The average Bonchev–Trinajstić information content (AvgIpc) is 2.31. The number of aryl methyl sites for hydroxylation is 1. The molecule has 0 saturated heterocycles. The Morgan fingerprint density at radius 2 is 1.94 bits per heavy atom. The van der Waals surface area contributed by atoms with Gasteiger partial charge in [-0.25, -0.2) is 0 Å². The number of hydrogen-bond donors (Lipinski definition) is 1. The van der Waals surface area contributed by atoms with Crippen molar-refractivity contribution in [2.75, 3.05) is 0 Å². The zero-order valence-electron chi connectivity index (χ0n) is 9.32. The van der Waals surface area contributed by atoms with Crippen molar-refractivity contribution in [1.82, 2.24) is 4.98 Å². The zero-order chi connectivity index (χ0) is 12.4. The fourth-order valence-corrected chi connectivity index (χ4v) is 2.55. The summed E-state index contributed by atoms with van der Waals surface area (Å²) in [6.07, 6.45) is 3.64. The van der Waals surface area contributed by atoms with Crippen molar-refractivity contribution in [1.29, 1.82) is 0 Å². The van der Waals surface area contributed by atoms with E-state index in [1.807, 2.05) is 37.5 Å². The van der Waals surface area contributed by atoms with Crippen LogP contribution in [-0.4, -0.2) is 4.98 Å². The fraction of sp³-hybridized carbons (Fsp3) is 0.154. The Balaban J connectivity index is 2.43. The van der Waals surface area contributed by atoms with Crippen LogP contribution in [0.3, 0.4) is 0 Å². The van der Waals surface area contributed by atoms with E-state index in [4.69, 9.17) is 5.73 Å². The lowest BCUT2D eigenvalue weighted by molar-refractivity contribution is 0.854. The molecule has 0 spiro atoms. The van der Waals surface area contributed by atoms with E-state index >= 15 is 0 Å². The van der Waals surface area contributed by atoms with Gasteiger partial charge in [0.25, 0.3) is 0 Å². The number of rotatable bonds is 2. The number of halogens is 2. The molecule has 0 aliphatic heterocycles. The first-order valence-corrected chi connectivity index (χ1v) is 6.78. The molecule has 0 amide bonds. The largest absolute Gasteiger partial charge is 0.320 e. The highest BCUT2D eigenvalue weighted by molar-refractivity contribution is 9.11. The highest BCUT2D eigenvalue weighted by Crippen LogP contribution is 2.29. The average molecular weight is 356 g/mol. The van der Waals surface area contributed by atoms with Crippen molar-refractivity contribution in [3.63, 3.8) is 0 Å². The maximum absolute atomic E-state index is 6.26. The van der Waals surface area contributed by atoms with Gasteiger partial charge in [0.1, 0.15) is 0 Å². The summed E-state index contributed by atoms with van der Waals surface area (Å²) >= 11 is 6.99. The summed E-state index contributed by atoms with van der Waals surface area (Å²) in [5.41, 5.74) is 9.44. The Hall–Kier alpha value is -0.710. The van der Waals surface area contributed by atoms with Gasteiger partial charge in [-0.3, -0.25) is 4.98 Å². The Labute approximate surface area is 118 Å². The summed E-state index contributed by atoms with van der Waals surface area (Å²) < 4.78 is 2.03. The molecular weight excluding hydrogens is 344 g/mol. The van der Waals surface area contributed by atoms with Gasteiger partial charge in [0.15, 0.2) is 0 Å². The Bertz CT molecular complexity index is 541. The molecule has 1 aromatic carbocycles. The highest BCUT2D eigenvalue weighted by Gasteiger charge is 2.13. The smallest absolute Gasteiger partial charge is 0.0578 e. The minimum atomic E-state index is -0.172. The van der Waals surface area contributed by atoms with E-state index < -0.39 is 0 Å². The lowest BCUT2D eigenvalue weighted by Gasteiger charge is -2.15. The molecule has 2 aromatic rings. The van der Waals surface area contributed by atoms with Crippen molar-refractivity contribution >= 4 is 31.9 Å². The molecule has 1 unspecified atom stereocenters. The van der Waals surface area contributed by atoms with Crippen molar-refractivity contribution in [2.45, 2.75) is 13.0 Å². The zero-order valence-corrected chi connectivity index (χ0v) is 12.5. The quantitative estimate of drug-likeness (QED) is 0.885. The molecule has 1 atom stereocenters. The maximum atomic E-state index is 6.26. The van der Waals surface area contributed by atoms with Crippen LogP contribution < -0.4 is 5.73 Å². The minimum Gasteiger partial charge on any atom is -0.320 e. The number of nitrogens with zero attached hydrogens (tertiary/aromatic N) is 1. The fourth-order valence-electron chi connectivity index (χ4n) is 1.68. The topological polar surface area (TPSA) is 38.9 Å². The number of hydrogen-bond acceptors (Lipinski definition) is 2. The molecule has 4 heteroatoms. The van der Waals surface area contributed by atoms with E-state index in [9.17, 15) is 0 Å².